The number of methoxy groups -OCH3 is 2. The van der Waals surface area contributed by atoms with Crippen molar-refractivity contribution in [3.8, 4) is 11.3 Å². The van der Waals surface area contributed by atoms with Crippen molar-refractivity contribution < 1.29 is 37.0 Å². The minimum absolute atomic E-state index is 0.00150. The van der Waals surface area contributed by atoms with Gasteiger partial charge in [0.15, 0.2) is 11.3 Å². The molecule has 190 valence electrons. The first-order chi connectivity index (χ1) is 17.5. The Bertz CT molecular complexity index is 1490. The minimum atomic E-state index is -4.79. The summed E-state index contributed by atoms with van der Waals surface area (Å²) >= 11 is 0. The van der Waals surface area contributed by atoms with Crippen LogP contribution in [-0.4, -0.2) is 46.7 Å². The lowest BCUT2D eigenvalue weighted by atomic mass is 10.1. The van der Waals surface area contributed by atoms with Crippen molar-refractivity contribution in [1.29, 1.82) is 0 Å². The quantitative estimate of drug-likeness (QED) is 0.391. The van der Waals surface area contributed by atoms with Gasteiger partial charge < -0.3 is 14.8 Å². The van der Waals surface area contributed by atoms with Crippen LogP contribution >= 0.6 is 0 Å². The number of ether oxygens (including phenoxy) is 2. The zero-order valence-electron chi connectivity index (χ0n) is 19.7. The van der Waals surface area contributed by atoms with Gasteiger partial charge in [-0.3, -0.25) is 4.79 Å². The van der Waals surface area contributed by atoms with E-state index in [-0.39, 0.29) is 33.7 Å². The normalized spacial score (nSPS) is 11.3. The van der Waals surface area contributed by atoms with Crippen LogP contribution in [-0.2, 0) is 15.7 Å². The summed E-state index contributed by atoms with van der Waals surface area (Å²) in [5.41, 5.74) is -0.506. The Kier molecular flexibility index (Phi) is 6.66. The first-order valence-corrected chi connectivity index (χ1v) is 10.7. The maximum atomic E-state index is 13.9. The molecule has 2 aromatic carbocycles. The second kappa shape index (κ2) is 9.72. The number of aromatic nitrogens is 3. The number of aryl methyl sites for hydroxylation is 1. The molecule has 37 heavy (non-hydrogen) atoms. The van der Waals surface area contributed by atoms with Gasteiger partial charge in [0.2, 0.25) is 0 Å². The number of benzene rings is 2. The van der Waals surface area contributed by atoms with E-state index in [0.29, 0.717) is 10.1 Å². The Morgan fingerprint density at radius 2 is 1.51 bits per heavy atom. The van der Waals surface area contributed by atoms with Crippen LogP contribution in [0.3, 0.4) is 0 Å². The van der Waals surface area contributed by atoms with Crippen molar-refractivity contribution in [2.45, 2.75) is 13.1 Å². The number of fused-ring (bicyclic) bond motifs is 1. The van der Waals surface area contributed by atoms with Crippen LogP contribution in [0.2, 0.25) is 0 Å². The van der Waals surface area contributed by atoms with Gasteiger partial charge in [-0.15, -0.1) is 0 Å². The molecule has 0 atom stereocenters. The number of halogens is 3. The lowest BCUT2D eigenvalue weighted by molar-refractivity contribution is -0.142. The van der Waals surface area contributed by atoms with Crippen molar-refractivity contribution in [2.24, 2.45) is 0 Å². The van der Waals surface area contributed by atoms with Crippen LogP contribution in [0.5, 0.6) is 0 Å². The van der Waals surface area contributed by atoms with Gasteiger partial charge in [0.05, 0.1) is 37.2 Å². The fourth-order valence-corrected chi connectivity index (χ4v) is 3.57. The number of alkyl halides is 3. The Morgan fingerprint density at radius 3 is 2.05 bits per heavy atom. The predicted octanol–water partition coefficient (Wildman–Crippen LogP) is 4.55. The average molecular weight is 512 g/mol. The molecule has 0 saturated carbocycles. The van der Waals surface area contributed by atoms with E-state index in [0.717, 1.165) is 32.0 Å². The molecule has 0 aliphatic rings. The van der Waals surface area contributed by atoms with Gasteiger partial charge in [-0.05, 0) is 31.2 Å². The van der Waals surface area contributed by atoms with Gasteiger partial charge in [0, 0.05) is 11.3 Å². The summed E-state index contributed by atoms with van der Waals surface area (Å²) in [5, 5.41) is 6.21. The number of carbonyl (C=O) groups excluding carboxylic acids is 3. The number of hydrogen-bond acceptors (Lipinski definition) is 7. The number of amides is 1. The van der Waals surface area contributed by atoms with Crippen LogP contribution in [0.4, 0.5) is 18.9 Å². The maximum absolute atomic E-state index is 13.9. The van der Waals surface area contributed by atoms with Crippen molar-refractivity contribution >= 4 is 29.2 Å². The van der Waals surface area contributed by atoms with Gasteiger partial charge in [0.1, 0.15) is 5.56 Å². The van der Waals surface area contributed by atoms with E-state index >= 15 is 0 Å². The fourth-order valence-electron chi connectivity index (χ4n) is 3.57. The molecule has 2 aromatic heterocycles. The minimum Gasteiger partial charge on any atom is -0.465 e. The predicted molar refractivity (Wildman–Crippen MR) is 125 cm³/mol. The number of nitrogens with one attached hydrogen (secondary N) is 1. The Morgan fingerprint density at radius 1 is 0.919 bits per heavy atom. The highest BCUT2D eigenvalue weighted by Gasteiger charge is 2.36. The molecule has 1 amide bonds. The van der Waals surface area contributed by atoms with E-state index in [4.69, 9.17) is 0 Å². The number of hydrogen-bond donors (Lipinski definition) is 1. The highest BCUT2D eigenvalue weighted by molar-refractivity contribution is 6.09. The summed E-state index contributed by atoms with van der Waals surface area (Å²) in [6.45, 7) is 1.84. The molecule has 9 nitrogen and oxygen atoms in total. The van der Waals surface area contributed by atoms with E-state index in [1.54, 1.807) is 24.3 Å². The van der Waals surface area contributed by atoms with Gasteiger partial charge in [0.25, 0.3) is 5.91 Å². The average Bonchev–Trinajstić information content (AvgIpc) is 3.30. The first kappa shape index (κ1) is 25.4. The molecule has 0 unspecified atom stereocenters. The lowest BCUT2D eigenvalue weighted by Gasteiger charge is -2.12. The highest BCUT2D eigenvalue weighted by atomic mass is 19.4. The Hall–Kier alpha value is -4.74. The lowest BCUT2D eigenvalue weighted by Crippen LogP contribution is -2.16. The van der Waals surface area contributed by atoms with Crippen LogP contribution in [0.25, 0.3) is 16.9 Å². The van der Waals surface area contributed by atoms with Gasteiger partial charge in [-0.1, -0.05) is 29.8 Å². The van der Waals surface area contributed by atoms with E-state index in [1.165, 1.54) is 18.2 Å². The zero-order chi connectivity index (χ0) is 26.9. The molecule has 1 N–H and O–H groups in total. The molecule has 12 heteroatoms. The molecule has 0 fully saturated rings. The molecule has 2 heterocycles. The molecule has 0 aliphatic carbocycles. The van der Waals surface area contributed by atoms with Gasteiger partial charge in [-0.25, -0.2) is 19.1 Å². The van der Waals surface area contributed by atoms with E-state index in [2.05, 4.69) is 24.9 Å². The van der Waals surface area contributed by atoms with Crippen LogP contribution < -0.4 is 5.32 Å². The van der Waals surface area contributed by atoms with Crippen molar-refractivity contribution in [3.05, 3.63) is 82.7 Å². The third-order valence-corrected chi connectivity index (χ3v) is 5.39. The summed E-state index contributed by atoms with van der Waals surface area (Å²) < 4.78 is 51.5. The smallest absolute Gasteiger partial charge is 0.433 e. The van der Waals surface area contributed by atoms with Gasteiger partial charge >= 0.3 is 18.1 Å². The molecule has 0 saturated heterocycles. The number of nitrogens with zero attached hydrogens (tertiary/aromatic N) is 3. The fraction of sp³-hybridized carbons (Fsp3) is 0.160. The third kappa shape index (κ3) is 5.13. The number of esters is 2. The maximum Gasteiger partial charge on any atom is 0.433 e. The standard InChI is InChI=1S/C25H19F3N4O5/c1-13-4-6-14(7-5-13)19-11-20(25(26,27)28)32-21(31-19)18(12-29-32)22(33)30-17-9-15(23(34)36-2)8-16(10-17)24(35)37-3/h4-12H,1-3H3,(H,30,33). The second-order valence-corrected chi connectivity index (χ2v) is 7.92. The third-order valence-electron chi connectivity index (χ3n) is 5.39. The molecule has 0 radical (unpaired) electrons. The SMILES string of the molecule is COC(=O)c1cc(NC(=O)c2cnn3c(C(F)(F)F)cc(-c4ccc(C)cc4)nc23)cc(C(=O)OC)c1. The van der Waals surface area contributed by atoms with Crippen LogP contribution in [0.15, 0.2) is 54.7 Å². The molecule has 0 aliphatic heterocycles. The summed E-state index contributed by atoms with van der Waals surface area (Å²) in [6.07, 6.45) is -3.83. The monoisotopic (exact) mass is 512 g/mol. The second-order valence-electron chi connectivity index (χ2n) is 7.92. The van der Waals surface area contributed by atoms with E-state index in [9.17, 15) is 27.6 Å². The van der Waals surface area contributed by atoms with Crippen LogP contribution in [0, 0.1) is 6.92 Å². The zero-order valence-corrected chi connectivity index (χ0v) is 19.7. The Labute approximate surface area is 207 Å². The summed E-state index contributed by atoms with van der Waals surface area (Å²) in [5.74, 6) is -2.43. The Balaban J connectivity index is 1.80. The first-order valence-electron chi connectivity index (χ1n) is 10.7. The number of carbonyl (C=O) groups is 3. The summed E-state index contributed by atoms with van der Waals surface area (Å²) in [6, 6.07) is 11.3. The molecular formula is C25H19F3N4O5. The van der Waals surface area contributed by atoms with Crippen molar-refractivity contribution in [2.75, 3.05) is 19.5 Å². The highest BCUT2D eigenvalue weighted by Crippen LogP contribution is 2.33. The summed E-state index contributed by atoms with van der Waals surface area (Å²) in [4.78, 5) is 41.5. The van der Waals surface area contributed by atoms with Crippen molar-refractivity contribution in [3.63, 3.8) is 0 Å². The van der Waals surface area contributed by atoms with E-state index < -0.39 is 29.7 Å². The van der Waals surface area contributed by atoms with E-state index in [1.807, 2.05) is 6.92 Å². The van der Waals surface area contributed by atoms with Gasteiger partial charge in [-0.2, -0.15) is 18.3 Å². The molecule has 0 spiro atoms. The molecule has 4 aromatic rings. The largest absolute Gasteiger partial charge is 0.465 e. The number of anilines is 1. The summed E-state index contributed by atoms with van der Waals surface area (Å²) in [7, 11) is 2.28. The van der Waals surface area contributed by atoms with Crippen LogP contribution in [0.1, 0.15) is 42.3 Å². The number of rotatable bonds is 5. The molecule has 4 rings (SSSR count). The van der Waals surface area contributed by atoms with Crippen molar-refractivity contribution in [1.82, 2.24) is 14.6 Å². The molecular weight excluding hydrogens is 493 g/mol. The molecule has 0 bridgehead atoms. The topological polar surface area (TPSA) is 112 Å².